The van der Waals surface area contributed by atoms with Crippen molar-refractivity contribution in [3.05, 3.63) is 173 Å². The van der Waals surface area contributed by atoms with Crippen LogP contribution in [0.1, 0.15) is 43.0 Å². The summed E-state index contributed by atoms with van der Waals surface area (Å²) < 4.78 is 54.1. The van der Waals surface area contributed by atoms with Crippen LogP contribution in [-0.4, -0.2) is 38.8 Å². The lowest BCUT2D eigenvalue weighted by atomic mass is 10.0. The van der Waals surface area contributed by atoms with Crippen molar-refractivity contribution < 1.29 is 41.5 Å². The number of hydrogen-bond acceptors (Lipinski definition) is 8. The molecule has 6 aromatic rings. The first-order valence-corrected chi connectivity index (χ1v) is 17.5. The van der Waals surface area contributed by atoms with Crippen LogP contribution in [0.25, 0.3) is 0 Å². The van der Waals surface area contributed by atoms with Crippen molar-refractivity contribution in [2.45, 2.75) is 18.7 Å². The van der Waals surface area contributed by atoms with Gasteiger partial charge in [0.2, 0.25) is 0 Å². The van der Waals surface area contributed by atoms with Gasteiger partial charge >= 0.3 is 0 Å². The summed E-state index contributed by atoms with van der Waals surface area (Å²) in [5.74, 6) is 2.58. The standard InChI is InChI=1S/C21H18O6S.C21H18O3/c1-14-3-5-15(6-4-14)21(22)16-7-9-17(10-8-16)27-19-12-11-18(26-2)13-20(19)28(23,24)25;1-15-3-5-16(6-4-15)21(22)17-7-9-19(10-8-17)24-20-13-11-18(23-2)12-14-20/h3-13H,1-2H3,(H,23,24,25);3-14H,1-2H3. The van der Waals surface area contributed by atoms with Gasteiger partial charge < -0.3 is 18.9 Å². The molecule has 0 bridgehead atoms. The normalized spacial score (nSPS) is 10.7. The van der Waals surface area contributed by atoms with E-state index in [0.29, 0.717) is 39.5 Å². The summed E-state index contributed by atoms with van der Waals surface area (Å²) in [4.78, 5) is 24.5. The third kappa shape index (κ3) is 9.72. The van der Waals surface area contributed by atoms with Gasteiger partial charge in [-0.1, -0.05) is 59.7 Å². The first kappa shape index (κ1) is 37.0. The largest absolute Gasteiger partial charge is 0.497 e. The number of carbonyl (C=O) groups excluding carboxylic acids is 2. The highest BCUT2D eigenvalue weighted by Crippen LogP contribution is 2.32. The zero-order valence-electron chi connectivity index (χ0n) is 28.9. The SMILES string of the molecule is COc1ccc(Oc2ccc(C(=O)c3ccc(C)cc3)cc2)c(S(=O)(=O)O)c1.COc1ccc(Oc2ccc(C(=O)c3ccc(C)cc3)cc2)cc1. The molecule has 0 saturated heterocycles. The second-order valence-electron chi connectivity index (χ2n) is 11.6. The molecule has 0 radical (unpaired) electrons. The van der Waals surface area contributed by atoms with Gasteiger partial charge in [-0.3, -0.25) is 14.1 Å². The van der Waals surface area contributed by atoms with Gasteiger partial charge in [0.15, 0.2) is 11.6 Å². The monoisotopic (exact) mass is 716 g/mol. The van der Waals surface area contributed by atoms with Crippen LogP contribution in [-0.2, 0) is 10.1 Å². The van der Waals surface area contributed by atoms with E-state index < -0.39 is 15.0 Å². The zero-order chi connectivity index (χ0) is 37.3. The molecule has 1 N–H and O–H groups in total. The quantitative estimate of drug-likeness (QED) is 0.103. The molecule has 0 aliphatic heterocycles. The molecule has 0 saturated carbocycles. The molecule has 0 aromatic heterocycles. The fourth-order valence-corrected chi connectivity index (χ4v) is 5.53. The van der Waals surface area contributed by atoms with E-state index in [2.05, 4.69) is 0 Å². The minimum absolute atomic E-state index is 0.00555. The van der Waals surface area contributed by atoms with E-state index in [1.165, 1.54) is 25.3 Å². The second-order valence-corrected chi connectivity index (χ2v) is 13.0. The Morgan fingerprint density at radius 3 is 1.17 bits per heavy atom. The van der Waals surface area contributed by atoms with Gasteiger partial charge in [-0.05, 0) is 98.8 Å². The zero-order valence-corrected chi connectivity index (χ0v) is 29.7. The summed E-state index contributed by atoms with van der Waals surface area (Å²) in [5, 5.41) is 0. The van der Waals surface area contributed by atoms with Crippen molar-refractivity contribution in [1.29, 1.82) is 0 Å². The highest BCUT2D eigenvalue weighted by Gasteiger charge is 2.19. The van der Waals surface area contributed by atoms with Crippen molar-refractivity contribution in [3.63, 3.8) is 0 Å². The molecule has 9 nitrogen and oxygen atoms in total. The highest BCUT2D eigenvalue weighted by atomic mass is 32.2. The fourth-order valence-electron chi connectivity index (χ4n) is 4.90. The summed E-state index contributed by atoms with van der Waals surface area (Å²) in [6.45, 7) is 3.94. The van der Waals surface area contributed by atoms with Gasteiger partial charge in [0.05, 0.1) is 14.2 Å². The van der Waals surface area contributed by atoms with E-state index in [-0.39, 0.29) is 23.1 Å². The van der Waals surface area contributed by atoms with Crippen LogP contribution >= 0.6 is 0 Å². The highest BCUT2D eigenvalue weighted by molar-refractivity contribution is 7.86. The van der Waals surface area contributed by atoms with Crippen LogP contribution in [0.4, 0.5) is 0 Å². The average molecular weight is 717 g/mol. The molecule has 0 unspecified atom stereocenters. The molecule has 0 fully saturated rings. The number of hydrogen-bond donors (Lipinski definition) is 1. The Hall–Kier alpha value is -6.23. The van der Waals surface area contributed by atoms with E-state index in [9.17, 15) is 22.6 Å². The predicted molar refractivity (Wildman–Crippen MR) is 198 cm³/mol. The molecule has 0 heterocycles. The minimum atomic E-state index is -4.51. The number of aryl methyl sites for hydroxylation is 2. The Morgan fingerprint density at radius 1 is 0.462 bits per heavy atom. The van der Waals surface area contributed by atoms with Crippen molar-refractivity contribution in [2.24, 2.45) is 0 Å². The van der Waals surface area contributed by atoms with Gasteiger partial charge in [-0.15, -0.1) is 0 Å². The summed E-state index contributed by atoms with van der Waals surface area (Å²) in [6, 6.07) is 39.7. The third-order valence-electron chi connectivity index (χ3n) is 7.81. The molecular weight excluding hydrogens is 681 g/mol. The van der Waals surface area contributed by atoms with Crippen LogP contribution in [0.5, 0.6) is 34.5 Å². The molecule has 10 heteroatoms. The molecule has 0 atom stereocenters. The molecule has 0 amide bonds. The Balaban J connectivity index is 0.000000203. The van der Waals surface area contributed by atoms with Crippen LogP contribution in [0.15, 0.2) is 144 Å². The topological polar surface area (TPSA) is 125 Å². The van der Waals surface area contributed by atoms with E-state index in [1.807, 2.05) is 74.5 Å². The van der Waals surface area contributed by atoms with Gasteiger partial charge in [0, 0.05) is 28.3 Å². The van der Waals surface area contributed by atoms with Crippen LogP contribution in [0.2, 0.25) is 0 Å². The number of benzene rings is 6. The molecule has 264 valence electrons. The summed E-state index contributed by atoms with van der Waals surface area (Å²) in [7, 11) is -1.50. The molecule has 6 rings (SSSR count). The number of ether oxygens (including phenoxy) is 4. The Bertz CT molecular complexity index is 2240. The van der Waals surface area contributed by atoms with Gasteiger partial charge in [-0.2, -0.15) is 8.42 Å². The molecular formula is C42H36O9S. The minimum Gasteiger partial charge on any atom is -0.497 e. The second kappa shape index (κ2) is 16.7. The smallest absolute Gasteiger partial charge is 0.298 e. The van der Waals surface area contributed by atoms with Gasteiger partial charge in [0.1, 0.15) is 39.4 Å². The molecule has 52 heavy (non-hydrogen) atoms. The fraction of sp³-hybridized carbons (Fsp3) is 0.0952. The summed E-state index contributed by atoms with van der Waals surface area (Å²) in [5.41, 5.74) is 4.57. The van der Waals surface area contributed by atoms with Crippen molar-refractivity contribution in [3.8, 4) is 34.5 Å². The number of ketones is 2. The lowest BCUT2D eigenvalue weighted by Crippen LogP contribution is -2.03. The van der Waals surface area contributed by atoms with E-state index in [1.54, 1.807) is 67.8 Å². The average Bonchev–Trinajstić information content (AvgIpc) is 3.16. The van der Waals surface area contributed by atoms with Crippen LogP contribution in [0, 0.1) is 13.8 Å². The maximum Gasteiger partial charge on any atom is 0.298 e. The first-order valence-electron chi connectivity index (χ1n) is 16.0. The molecule has 6 aromatic carbocycles. The van der Waals surface area contributed by atoms with Crippen LogP contribution < -0.4 is 18.9 Å². The first-order chi connectivity index (χ1) is 24.9. The summed E-state index contributed by atoms with van der Waals surface area (Å²) in [6.07, 6.45) is 0. The van der Waals surface area contributed by atoms with Gasteiger partial charge in [0.25, 0.3) is 10.1 Å². The number of methoxy groups -OCH3 is 2. The number of carbonyl (C=O) groups is 2. The van der Waals surface area contributed by atoms with E-state index >= 15 is 0 Å². The predicted octanol–water partition coefficient (Wildman–Crippen LogP) is 9.30. The van der Waals surface area contributed by atoms with Crippen LogP contribution in [0.3, 0.4) is 0 Å². The Morgan fingerprint density at radius 2 is 0.788 bits per heavy atom. The summed E-state index contributed by atoms with van der Waals surface area (Å²) >= 11 is 0. The Labute approximate surface area is 302 Å². The molecule has 0 aliphatic carbocycles. The molecule has 0 spiro atoms. The van der Waals surface area contributed by atoms with Gasteiger partial charge in [-0.25, -0.2) is 0 Å². The molecule has 0 aliphatic rings. The third-order valence-corrected chi connectivity index (χ3v) is 8.69. The lowest BCUT2D eigenvalue weighted by molar-refractivity contribution is 0.103. The maximum atomic E-state index is 12.5. The number of rotatable bonds is 11. The lowest BCUT2D eigenvalue weighted by Gasteiger charge is -2.11. The van der Waals surface area contributed by atoms with E-state index in [0.717, 1.165) is 16.9 Å². The van der Waals surface area contributed by atoms with Crippen molar-refractivity contribution in [1.82, 2.24) is 0 Å². The van der Waals surface area contributed by atoms with Crippen molar-refractivity contribution >= 4 is 21.7 Å². The van der Waals surface area contributed by atoms with E-state index in [4.69, 9.17) is 18.9 Å². The Kier molecular flexibility index (Phi) is 11.9. The van der Waals surface area contributed by atoms with Crippen molar-refractivity contribution in [2.75, 3.05) is 14.2 Å². The maximum absolute atomic E-state index is 12.5.